The number of hydrogen-bond acceptors (Lipinski definition) is 3. The maximum absolute atomic E-state index is 11.1. The van der Waals surface area contributed by atoms with Gasteiger partial charge in [0.25, 0.3) is 0 Å². The van der Waals surface area contributed by atoms with Crippen molar-refractivity contribution >= 4 is 9.84 Å². The lowest BCUT2D eigenvalue weighted by Gasteiger charge is -2.17. The van der Waals surface area contributed by atoms with Gasteiger partial charge in [-0.1, -0.05) is 13.8 Å². The Morgan fingerprint density at radius 3 is 2.00 bits per heavy atom. The number of rotatable bonds is 6. The van der Waals surface area contributed by atoms with Crippen LogP contribution in [0.1, 0.15) is 33.6 Å². The van der Waals surface area contributed by atoms with Crippen molar-refractivity contribution in [3.05, 3.63) is 0 Å². The van der Waals surface area contributed by atoms with E-state index in [1.165, 1.54) is 6.26 Å². The maximum Gasteiger partial charge on any atom is 0.151 e. The van der Waals surface area contributed by atoms with E-state index < -0.39 is 9.84 Å². The van der Waals surface area contributed by atoms with Gasteiger partial charge in [-0.25, -0.2) is 8.42 Å². The highest BCUT2D eigenvalue weighted by atomic mass is 32.2. The van der Waals surface area contributed by atoms with E-state index in [2.05, 4.69) is 19.2 Å². The molecule has 0 bridgehead atoms. The van der Waals surface area contributed by atoms with E-state index >= 15 is 0 Å². The fraction of sp³-hybridized carbons (Fsp3) is 1.00. The van der Waals surface area contributed by atoms with Crippen LogP contribution in [0.5, 0.6) is 0 Å². The standard InChI is InChI=1S/C9H21NO2S/c1-5-9(6-2)10-7-8(3)13(4,11)12/h8-10H,5-7H2,1-4H3. The van der Waals surface area contributed by atoms with E-state index in [0.717, 1.165) is 12.8 Å². The topological polar surface area (TPSA) is 46.2 Å². The minimum Gasteiger partial charge on any atom is -0.313 e. The Balaban J connectivity index is 3.89. The average molecular weight is 207 g/mol. The molecule has 0 spiro atoms. The highest BCUT2D eigenvalue weighted by molar-refractivity contribution is 7.91. The van der Waals surface area contributed by atoms with E-state index in [4.69, 9.17) is 0 Å². The van der Waals surface area contributed by atoms with Crippen LogP contribution in [0.15, 0.2) is 0 Å². The zero-order valence-electron chi connectivity index (χ0n) is 9.00. The van der Waals surface area contributed by atoms with E-state index in [-0.39, 0.29) is 5.25 Å². The van der Waals surface area contributed by atoms with Crippen molar-refractivity contribution in [3.63, 3.8) is 0 Å². The summed E-state index contributed by atoms with van der Waals surface area (Å²) < 4.78 is 22.2. The maximum atomic E-state index is 11.1. The Hall–Kier alpha value is -0.0900. The van der Waals surface area contributed by atoms with Crippen LogP contribution in [-0.4, -0.2) is 32.5 Å². The number of sulfone groups is 1. The molecule has 0 saturated carbocycles. The molecule has 3 nitrogen and oxygen atoms in total. The molecule has 80 valence electrons. The summed E-state index contributed by atoms with van der Waals surface area (Å²) in [4.78, 5) is 0. The Kier molecular flexibility index (Phi) is 5.56. The molecule has 0 aliphatic heterocycles. The highest BCUT2D eigenvalue weighted by Gasteiger charge is 2.15. The summed E-state index contributed by atoms with van der Waals surface area (Å²) in [6.45, 7) is 6.51. The van der Waals surface area contributed by atoms with Crippen molar-refractivity contribution in [3.8, 4) is 0 Å². The summed E-state index contributed by atoms with van der Waals surface area (Å²) in [5, 5.41) is 2.96. The zero-order chi connectivity index (χ0) is 10.5. The molecular formula is C9H21NO2S. The van der Waals surface area contributed by atoms with Gasteiger partial charge >= 0.3 is 0 Å². The molecule has 13 heavy (non-hydrogen) atoms. The summed E-state index contributed by atoms with van der Waals surface area (Å²) in [6.07, 6.45) is 3.38. The van der Waals surface area contributed by atoms with E-state index in [1.54, 1.807) is 6.92 Å². The molecule has 0 radical (unpaired) electrons. The first-order chi connectivity index (χ1) is 5.91. The van der Waals surface area contributed by atoms with Crippen LogP contribution in [0.3, 0.4) is 0 Å². The largest absolute Gasteiger partial charge is 0.313 e. The van der Waals surface area contributed by atoms with Gasteiger partial charge in [0.1, 0.15) is 0 Å². The lowest BCUT2D eigenvalue weighted by molar-refractivity contribution is 0.480. The van der Waals surface area contributed by atoms with Crippen molar-refractivity contribution in [1.82, 2.24) is 5.32 Å². The fourth-order valence-electron chi connectivity index (χ4n) is 1.06. The Morgan fingerprint density at radius 1 is 1.23 bits per heavy atom. The highest BCUT2D eigenvalue weighted by Crippen LogP contribution is 2.00. The second-order valence-electron chi connectivity index (χ2n) is 3.56. The summed E-state index contributed by atoms with van der Waals surface area (Å²) >= 11 is 0. The van der Waals surface area contributed by atoms with Crippen molar-refractivity contribution in [1.29, 1.82) is 0 Å². The third kappa shape index (κ3) is 5.26. The summed E-state index contributed by atoms with van der Waals surface area (Å²) in [5.41, 5.74) is 0. The molecule has 0 fully saturated rings. The molecule has 0 aromatic heterocycles. The first-order valence-corrected chi connectivity index (χ1v) is 6.79. The van der Waals surface area contributed by atoms with Gasteiger partial charge in [-0.05, 0) is 19.8 Å². The number of hydrogen-bond donors (Lipinski definition) is 1. The van der Waals surface area contributed by atoms with Crippen LogP contribution < -0.4 is 5.32 Å². The third-order valence-electron chi connectivity index (χ3n) is 2.41. The normalized spacial score (nSPS) is 14.8. The predicted octanol–water partition coefficient (Wildman–Crippen LogP) is 1.20. The number of nitrogens with one attached hydrogen (secondary N) is 1. The molecule has 0 saturated heterocycles. The Bertz CT molecular complexity index is 220. The molecule has 1 atom stereocenters. The van der Waals surface area contributed by atoms with Crippen molar-refractivity contribution in [2.24, 2.45) is 0 Å². The average Bonchev–Trinajstić information content (AvgIpc) is 2.04. The molecular weight excluding hydrogens is 186 g/mol. The molecule has 0 aliphatic carbocycles. The Morgan fingerprint density at radius 2 is 1.69 bits per heavy atom. The lowest BCUT2D eigenvalue weighted by atomic mass is 10.2. The van der Waals surface area contributed by atoms with Crippen molar-refractivity contribution < 1.29 is 8.42 Å². The Labute approximate surface area is 81.8 Å². The van der Waals surface area contributed by atoms with E-state index in [0.29, 0.717) is 12.6 Å². The summed E-state index contributed by atoms with van der Waals surface area (Å²) in [5.74, 6) is 0. The van der Waals surface area contributed by atoms with E-state index in [1.807, 2.05) is 0 Å². The molecule has 0 aromatic rings. The van der Waals surface area contributed by atoms with Crippen LogP contribution in [0, 0.1) is 0 Å². The van der Waals surface area contributed by atoms with Crippen LogP contribution in [-0.2, 0) is 9.84 Å². The van der Waals surface area contributed by atoms with Crippen LogP contribution in [0.2, 0.25) is 0 Å². The molecule has 4 heteroatoms. The lowest BCUT2D eigenvalue weighted by Crippen LogP contribution is -2.36. The van der Waals surface area contributed by atoms with Gasteiger partial charge in [-0.3, -0.25) is 0 Å². The van der Waals surface area contributed by atoms with Crippen molar-refractivity contribution in [2.45, 2.75) is 44.9 Å². The molecule has 0 aromatic carbocycles. The van der Waals surface area contributed by atoms with Crippen LogP contribution >= 0.6 is 0 Å². The van der Waals surface area contributed by atoms with Crippen LogP contribution in [0.4, 0.5) is 0 Å². The molecule has 0 aliphatic rings. The van der Waals surface area contributed by atoms with Gasteiger partial charge in [0.15, 0.2) is 9.84 Å². The van der Waals surface area contributed by atoms with Gasteiger partial charge in [0, 0.05) is 18.8 Å². The molecule has 0 amide bonds. The first-order valence-electron chi connectivity index (χ1n) is 4.84. The third-order valence-corrected chi connectivity index (χ3v) is 4.04. The van der Waals surface area contributed by atoms with Gasteiger partial charge in [0.2, 0.25) is 0 Å². The molecule has 0 heterocycles. The SMILES string of the molecule is CCC(CC)NCC(C)S(C)(=O)=O. The smallest absolute Gasteiger partial charge is 0.151 e. The fourth-order valence-corrected chi connectivity index (χ4v) is 1.46. The second-order valence-corrected chi connectivity index (χ2v) is 6.03. The van der Waals surface area contributed by atoms with Crippen molar-refractivity contribution in [2.75, 3.05) is 12.8 Å². The first kappa shape index (κ1) is 12.9. The van der Waals surface area contributed by atoms with Crippen LogP contribution in [0.25, 0.3) is 0 Å². The second kappa shape index (κ2) is 5.60. The minimum absolute atomic E-state index is 0.284. The summed E-state index contributed by atoms with van der Waals surface area (Å²) in [7, 11) is -2.88. The molecule has 1 unspecified atom stereocenters. The quantitative estimate of drug-likeness (QED) is 0.712. The minimum atomic E-state index is -2.88. The summed E-state index contributed by atoms with van der Waals surface area (Å²) in [6, 6.07) is 0.448. The molecule has 0 rings (SSSR count). The van der Waals surface area contributed by atoms with E-state index in [9.17, 15) is 8.42 Å². The monoisotopic (exact) mass is 207 g/mol. The van der Waals surface area contributed by atoms with Gasteiger partial charge < -0.3 is 5.32 Å². The predicted molar refractivity (Wildman–Crippen MR) is 56.7 cm³/mol. The van der Waals surface area contributed by atoms with Gasteiger partial charge in [-0.2, -0.15) is 0 Å². The van der Waals surface area contributed by atoms with Gasteiger partial charge in [0.05, 0.1) is 5.25 Å². The van der Waals surface area contributed by atoms with Gasteiger partial charge in [-0.15, -0.1) is 0 Å². The zero-order valence-corrected chi connectivity index (χ0v) is 9.82. The molecule has 1 N–H and O–H groups in total.